The van der Waals surface area contributed by atoms with E-state index in [2.05, 4.69) is 15.2 Å². The number of hydrogen-bond donors (Lipinski definition) is 4. The molecule has 1 aromatic rings. The molecule has 4 N–H and O–H groups in total. The van der Waals surface area contributed by atoms with Gasteiger partial charge in [-0.05, 0) is 44.2 Å². The van der Waals surface area contributed by atoms with Crippen molar-refractivity contribution in [2.45, 2.75) is 62.6 Å². The highest BCUT2D eigenvalue weighted by molar-refractivity contribution is 7.39. The Bertz CT molecular complexity index is 909. The lowest BCUT2D eigenvalue weighted by molar-refractivity contribution is -0.136. The van der Waals surface area contributed by atoms with Crippen molar-refractivity contribution in [3.05, 3.63) is 29.6 Å². The van der Waals surface area contributed by atoms with E-state index >= 15 is 0 Å². The Labute approximate surface area is 203 Å². The predicted molar refractivity (Wildman–Crippen MR) is 121 cm³/mol. The largest absolute Gasteiger partial charge is 0.508 e. The lowest BCUT2D eigenvalue weighted by Gasteiger charge is -2.56. The van der Waals surface area contributed by atoms with Gasteiger partial charge in [0.05, 0.1) is 18.8 Å². The normalized spacial score (nSPS) is 25.1. The number of carbonyl (C=O) groups is 3. The number of rotatable bonds is 12. The number of ether oxygens (including phenoxy) is 3. The summed E-state index contributed by atoms with van der Waals surface area (Å²) in [7, 11) is -2.47. The van der Waals surface area contributed by atoms with Crippen LogP contribution in [0.4, 0.5) is 9.18 Å². The molecule has 4 rings (SSSR count). The Kier molecular flexibility index (Phi) is 9.23. The zero-order chi connectivity index (χ0) is 25.5. The van der Waals surface area contributed by atoms with Gasteiger partial charge in [-0.3, -0.25) is 9.59 Å². The van der Waals surface area contributed by atoms with Crippen LogP contribution in [0.2, 0.25) is 0 Å². The van der Waals surface area contributed by atoms with Crippen LogP contribution in [0.5, 0.6) is 5.75 Å². The topological polar surface area (TPSA) is 153 Å². The molecular weight excluding hydrogens is 486 g/mol. The molecule has 1 aromatic carbocycles. The van der Waals surface area contributed by atoms with Gasteiger partial charge in [0.2, 0.25) is 6.41 Å². The van der Waals surface area contributed by atoms with E-state index in [9.17, 15) is 18.8 Å². The molecule has 35 heavy (non-hydrogen) atoms. The zero-order valence-corrected chi connectivity index (χ0v) is 20.2. The number of fused-ring (bicyclic) bond motifs is 3. The molecule has 3 aliphatic rings. The molecular formula is C22H30FN2O9P. The second kappa shape index (κ2) is 11.9. The summed E-state index contributed by atoms with van der Waals surface area (Å²) in [6, 6.07) is 4.33. The summed E-state index contributed by atoms with van der Waals surface area (Å²) in [5.41, 5.74) is -0.942. The molecule has 0 radical (unpaired) electrons. The quantitative estimate of drug-likeness (QED) is 0.141. The van der Waals surface area contributed by atoms with E-state index in [4.69, 9.17) is 24.0 Å². The maximum atomic E-state index is 13.7. The molecule has 2 amide bonds. The van der Waals surface area contributed by atoms with Crippen LogP contribution in [0.1, 0.15) is 44.1 Å². The van der Waals surface area contributed by atoms with Crippen molar-refractivity contribution in [2.24, 2.45) is 0 Å². The summed E-state index contributed by atoms with van der Waals surface area (Å²) < 4.78 is 34.4. The molecule has 3 fully saturated rings. The van der Waals surface area contributed by atoms with Gasteiger partial charge in [0.15, 0.2) is 6.61 Å². The average Bonchev–Trinajstić information content (AvgIpc) is 2.81. The molecule has 194 valence electrons. The zero-order valence-electron chi connectivity index (χ0n) is 19.3. The van der Waals surface area contributed by atoms with Crippen LogP contribution in [0.3, 0.4) is 0 Å². The average molecular weight is 516 g/mol. The first-order chi connectivity index (χ1) is 16.7. The van der Waals surface area contributed by atoms with Crippen molar-refractivity contribution in [1.29, 1.82) is 0 Å². The Morgan fingerprint density at radius 1 is 1.23 bits per heavy atom. The third-order valence-corrected chi connectivity index (χ3v) is 6.93. The number of carbonyl (C=O) groups excluding carboxylic acids is 3. The van der Waals surface area contributed by atoms with Crippen molar-refractivity contribution in [1.82, 2.24) is 10.6 Å². The summed E-state index contributed by atoms with van der Waals surface area (Å²) in [5.74, 6) is -0.669. The summed E-state index contributed by atoms with van der Waals surface area (Å²) in [6.45, 7) is 1.20. The number of aryl methyl sites for hydroxylation is 1. The Morgan fingerprint density at radius 2 is 1.97 bits per heavy atom. The monoisotopic (exact) mass is 516 g/mol. The molecule has 1 atom stereocenters. The summed E-state index contributed by atoms with van der Waals surface area (Å²) >= 11 is 0. The first kappa shape index (κ1) is 27.1. The van der Waals surface area contributed by atoms with Crippen molar-refractivity contribution < 1.29 is 47.3 Å². The lowest BCUT2D eigenvalue weighted by Crippen LogP contribution is -2.70. The number of amides is 2. The standard InChI is InChI=1S/C22H30FN2O9P/c1-15-3-4-16(11-17(15)23)32-13-19(27)25-22-7-5-21(6-8-22,24-14-26)12-18(22)34-20(28)31-9-2-10-33-35(29)30/h3-4,11,14,18,29-30H,2,5-10,12-13H2,1H3,(H,24,26)(H,25,27). The summed E-state index contributed by atoms with van der Waals surface area (Å²) in [6.07, 6.45) is 1.55. The Balaban J connectivity index is 1.59. The van der Waals surface area contributed by atoms with Crippen LogP contribution >= 0.6 is 8.60 Å². The van der Waals surface area contributed by atoms with E-state index < -0.39 is 43.7 Å². The molecule has 0 aromatic heterocycles. The summed E-state index contributed by atoms with van der Waals surface area (Å²) in [5, 5.41) is 5.78. The van der Waals surface area contributed by atoms with Crippen molar-refractivity contribution >= 4 is 27.1 Å². The van der Waals surface area contributed by atoms with Crippen LogP contribution in [0.15, 0.2) is 18.2 Å². The second-order valence-electron chi connectivity index (χ2n) is 8.80. The van der Waals surface area contributed by atoms with Crippen molar-refractivity contribution in [3.63, 3.8) is 0 Å². The lowest BCUT2D eigenvalue weighted by atomic mass is 9.60. The minimum atomic E-state index is -2.47. The molecule has 0 aliphatic heterocycles. The highest BCUT2D eigenvalue weighted by Crippen LogP contribution is 2.48. The SMILES string of the molecule is Cc1ccc(OCC(=O)NC23CCC(NC=O)(CC2)CC3OC(=O)OCCCOP(O)O)cc1F. The molecule has 2 bridgehead atoms. The molecule has 0 saturated heterocycles. The van der Waals surface area contributed by atoms with Crippen LogP contribution in [-0.4, -0.2) is 65.3 Å². The van der Waals surface area contributed by atoms with Gasteiger partial charge < -0.3 is 39.2 Å². The van der Waals surface area contributed by atoms with Gasteiger partial charge in [0.1, 0.15) is 17.7 Å². The molecule has 11 nitrogen and oxygen atoms in total. The fourth-order valence-electron chi connectivity index (χ4n) is 4.58. The van der Waals surface area contributed by atoms with E-state index in [1.807, 2.05) is 0 Å². The van der Waals surface area contributed by atoms with Crippen LogP contribution < -0.4 is 15.4 Å². The molecule has 3 saturated carbocycles. The highest BCUT2D eigenvalue weighted by Gasteiger charge is 2.57. The van der Waals surface area contributed by atoms with Crippen molar-refractivity contribution in [3.8, 4) is 5.75 Å². The van der Waals surface area contributed by atoms with Crippen LogP contribution in [0.25, 0.3) is 0 Å². The van der Waals surface area contributed by atoms with Gasteiger partial charge in [0.25, 0.3) is 5.91 Å². The van der Waals surface area contributed by atoms with Crippen molar-refractivity contribution in [2.75, 3.05) is 19.8 Å². The maximum Gasteiger partial charge on any atom is 0.508 e. The summed E-state index contributed by atoms with van der Waals surface area (Å²) in [4.78, 5) is 53.6. The first-order valence-corrected chi connectivity index (χ1v) is 12.4. The molecule has 0 spiro atoms. The van der Waals surface area contributed by atoms with E-state index in [0.717, 1.165) is 0 Å². The third-order valence-electron chi connectivity index (χ3n) is 6.51. The van der Waals surface area contributed by atoms with Gasteiger partial charge in [-0.1, -0.05) is 6.07 Å². The van der Waals surface area contributed by atoms with E-state index in [0.29, 0.717) is 44.1 Å². The van der Waals surface area contributed by atoms with Gasteiger partial charge in [-0.15, -0.1) is 0 Å². The minimum Gasteiger partial charge on any atom is -0.484 e. The van der Waals surface area contributed by atoms with E-state index in [1.54, 1.807) is 19.1 Å². The fourth-order valence-corrected chi connectivity index (χ4v) is 4.87. The number of benzene rings is 1. The van der Waals surface area contributed by atoms with Crippen LogP contribution in [0, 0.1) is 12.7 Å². The fraction of sp³-hybridized carbons (Fsp3) is 0.591. The van der Waals surface area contributed by atoms with Crippen LogP contribution in [-0.2, 0) is 23.6 Å². The Hall–Kier alpha value is -2.53. The second-order valence-corrected chi connectivity index (χ2v) is 9.56. The minimum absolute atomic E-state index is 0.00729. The molecule has 13 heteroatoms. The maximum absolute atomic E-state index is 13.7. The predicted octanol–water partition coefficient (Wildman–Crippen LogP) is 1.97. The van der Waals surface area contributed by atoms with Gasteiger partial charge >= 0.3 is 14.8 Å². The van der Waals surface area contributed by atoms with Gasteiger partial charge in [-0.25, -0.2) is 9.18 Å². The number of halogens is 1. The van der Waals surface area contributed by atoms with E-state index in [1.165, 1.54) is 6.07 Å². The van der Waals surface area contributed by atoms with E-state index in [-0.39, 0.29) is 32.0 Å². The Morgan fingerprint density at radius 3 is 2.63 bits per heavy atom. The van der Waals surface area contributed by atoms with Gasteiger partial charge in [0, 0.05) is 24.4 Å². The third kappa shape index (κ3) is 7.23. The number of nitrogens with one attached hydrogen (secondary N) is 2. The first-order valence-electron chi connectivity index (χ1n) is 11.2. The highest BCUT2D eigenvalue weighted by atomic mass is 31.2. The smallest absolute Gasteiger partial charge is 0.484 e. The van der Waals surface area contributed by atoms with Gasteiger partial charge in [-0.2, -0.15) is 0 Å². The molecule has 1 unspecified atom stereocenters. The molecule has 3 aliphatic carbocycles. The molecule has 0 heterocycles. The number of hydrogen-bond acceptors (Lipinski definition) is 9.